The van der Waals surface area contributed by atoms with Crippen molar-refractivity contribution in [3.8, 4) is 6.07 Å². The highest BCUT2D eigenvalue weighted by Crippen LogP contribution is 2.11. The number of hydrogen-bond acceptors (Lipinski definition) is 4. The summed E-state index contributed by atoms with van der Waals surface area (Å²) in [5, 5.41) is 21.9. The Morgan fingerprint density at radius 3 is 2.79 bits per heavy atom. The molecule has 1 N–H and O–H groups in total. The Labute approximate surface area is 109 Å². The molecule has 2 aromatic rings. The van der Waals surface area contributed by atoms with E-state index in [1.165, 1.54) is 12.1 Å². The van der Waals surface area contributed by atoms with Crippen LogP contribution < -0.4 is 0 Å². The highest BCUT2D eigenvalue weighted by Gasteiger charge is 2.08. The Morgan fingerprint density at radius 2 is 2.21 bits per heavy atom. The lowest BCUT2D eigenvalue weighted by molar-refractivity contribution is 0.0690. The average Bonchev–Trinajstić information content (AvgIpc) is 2.81. The Balaban J connectivity index is 2.41. The van der Waals surface area contributed by atoms with E-state index < -0.39 is 5.97 Å². The monoisotopic (exact) mass is 254 g/mol. The minimum absolute atomic E-state index is 0.0938. The molecule has 19 heavy (non-hydrogen) atoms. The first-order valence-corrected chi connectivity index (χ1v) is 5.42. The number of aromatic nitrogens is 3. The smallest absolute Gasteiger partial charge is 0.354 e. The van der Waals surface area contributed by atoms with Gasteiger partial charge >= 0.3 is 5.97 Å². The Bertz CT molecular complexity index is 695. The van der Waals surface area contributed by atoms with Gasteiger partial charge in [-0.15, -0.1) is 0 Å². The number of nitrogens with zero attached hydrogens (tertiary/aromatic N) is 4. The molecule has 2 heterocycles. The molecule has 2 aromatic heterocycles. The Morgan fingerprint density at radius 1 is 1.42 bits per heavy atom. The van der Waals surface area contributed by atoms with E-state index in [2.05, 4.69) is 10.1 Å². The zero-order valence-electron chi connectivity index (χ0n) is 10.1. The molecule has 0 saturated carbocycles. The fourth-order valence-corrected chi connectivity index (χ4v) is 1.53. The van der Waals surface area contributed by atoms with E-state index in [4.69, 9.17) is 10.4 Å². The third-order valence-corrected chi connectivity index (χ3v) is 2.54. The van der Waals surface area contributed by atoms with E-state index >= 15 is 0 Å². The molecule has 6 nitrogen and oxygen atoms in total. The third kappa shape index (κ3) is 2.66. The molecule has 0 amide bonds. The van der Waals surface area contributed by atoms with E-state index in [1.54, 1.807) is 36.1 Å². The molecule has 0 aliphatic rings. The quantitative estimate of drug-likeness (QED) is 0.897. The third-order valence-electron chi connectivity index (χ3n) is 2.54. The zero-order chi connectivity index (χ0) is 13.8. The molecule has 0 saturated heterocycles. The number of aromatic carboxylic acids is 1. The van der Waals surface area contributed by atoms with Crippen LogP contribution in [0.5, 0.6) is 0 Å². The van der Waals surface area contributed by atoms with E-state index in [9.17, 15) is 4.79 Å². The minimum Gasteiger partial charge on any atom is -0.477 e. The van der Waals surface area contributed by atoms with Crippen LogP contribution in [0.15, 0.2) is 24.4 Å². The van der Waals surface area contributed by atoms with Crippen molar-refractivity contribution >= 4 is 18.1 Å². The van der Waals surface area contributed by atoms with Crippen LogP contribution in [0, 0.1) is 11.3 Å². The lowest BCUT2D eigenvalue weighted by Crippen LogP contribution is -2.02. The molecule has 0 unspecified atom stereocenters. The van der Waals surface area contributed by atoms with Gasteiger partial charge in [-0.2, -0.15) is 10.4 Å². The molecule has 0 radical (unpaired) electrons. The number of carboxylic acid groups (broad SMARTS) is 1. The van der Waals surface area contributed by atoms with Crippen molar-refractivity contribution < 1.29 is 9.90 Å². The summed E-state index contributed by atoms with van der Waals surface area (Å²) in [5.74, 6) is -1.13. The number of rotatable bonds is 3. The van der Waals surface area contributed by atoms with Crippen molar-refractivity contribution in [3.63, 3.8) is 0 Å². The van der Waals surface area contributed by atoms with E-state index in [-0.39, 0.29) is 5.69 Å². The van der Waals surface area contributed by atoms with Crippen LogP contribution in [0.4, 0.5) is 0 Å². The van der Waals surface area contributed by atoms with Crippen LogP contribution >= 0.6 is 0 Å². The van der Waals surface area contributed by atoms with Crippen molar-refractivity contribution in [1.82, 2.24) is 14.8 Å². The first-order chi connectivity index (χ1) is 9.11. The highest BCUT2D eigenvalue weighted by atomic mass is 16.4. The topological polar surface area (TPSA) is 91.8 Å². The summed E-state index contributed by atoms with van der Waals surface area (Å²) >= 11 is 0. The number of carbonyl (C=O) groups is 1. The first-order valence-electron chi connectivity index (χ1n) is 5.42. The van der Waals surface area contributed by atoms with Gasteiger partial charge in [0.2, 0.25) is 0 Å². The maximum Gasteiger partial charge on any atom is 0.354 e. The van der Waals surface area contributed by atoms with Gasteiger partial charge in [0.25, 0.3) is 0 Å². The molecule has 0 aromatic carbocycles. The van der Waals surface area contributed by atoms with Crippen LogP contribution in [0.1, 0.15) is 27.4 Å². The summed E-state index contributed by atoms with van der Waals surface area (Å²) in [4.78, 5) is 14.8. The summed E-state index contributed by atoms with van der Waals surface area (Å²) in [6.45, 7) is 0. The maximum atomic E-state index is 10.9. The van der Waals surface area contributed by atoms with Crippen molar-refractivity contribution in [2.24, 2.45) is 7.05 Å². The lowest BCUT2D eigenvalue weighted by atomic mass is 10.1. The van der Waals surface area contributed by atoms with Crippen LogP contribution in [0.25, 0.3) is 12.2 Å². The summed E-state index contributed by atoms with van der Waals surface area (Å²) in [6, 6.07) is 6.52. The second-order valence-electron chi connectivity index (χ2n) is 3.76. The first kappa shape index (κ1) is 12.5. The Hall–Kier alpha value is -2.94. The second kappa shape index (κ2) is 5.14. The van der Waals surface area contributed by atoms with Crippen LogP contribution in [-0.2, 0) is 7.05 Å². The van der Waals surface area contributed by atoms with Crippen molar-refractivity contribution in [3.05, 3.63) is 47.0 Å². The molecule has 6 heteroatoms. The molecule has 94 valence electrons. The van der Waals surface area contributed by atoms with E-state index in [0.29, 0.717) is 11.3 Å². The van der Waals surface area contributed by atoms with Crippen LogP contribution in [0.3, 0.4) is 0 Å². The van der Waals surface area contributed by atoms with Gasteiger partial charge in [0, 0.05) is 13.2 Å². The SMILES string of the molecule is Cn1nccc1/C=C/c1nc(C(=O)O)ccc1C#N. The molecular weight excluding hydrogens is 244 g/mol. The van der Waals surface area contributed by atoms with Crippen LogP contribution in [-0.4, -0.2) is 25.8 Å². The normalized spacial score (nSPS) is 10.5. The minimum atomic E-state index is -1.13. The summed E-state index contributed by atoms with van der Waals surface area (Å²) in [5.41, 5.74) is 1.38. The molecule has 0 atom stereocenters. The molecule has 0 fully saturated rings. The van der Waals surface area contributed by atoms with Gasteiger partial charge in [-0.3, -0.25) is 4.68 Å². The molecule has 0 aliphatic heterocycles. The van der Waals surface area contributed by atoms with Gasteiger partial charge in [0.1, 0.15) is 11.8 Å². The van der Waals surface area contributed by atoms with Gasteiger partial charge < -0.3 is 5.11 Å². The fourth-order valence-electron chi connectivity index (χ4n) is 1.53. The highest BCUT2D eigenvalue weighted by molar-refractivity contribution is 5.86. The van der Waals surface area contributed by atoms with Gasteiger partial charge in [-0.1, -0.05) is 0 Å². The Kier molecular flexibility index (Phi) is 3.39. The standard InChI is InChI=1S/C13H10N4O2/c1-17-10(6-7-15-17)3-5-11-9(8-14)2-4-12(16-11)13(18)19/h2-7H,1H3,(H,18,19)/b5-3+. The van der Waals surface area contributed by atoms with E-state index in [1.807, 2.05) is 6.07 Å². The van der Waals surface area contributed by atoms with E-state index in [0.717, 1.165) is 5.69 Å². The van der Waals surface area contributed by atoms with Crippen molar-refractivity contribution in [2.45, 2.75) is 0 Å². The summed E-state index contributed by atoms with van der Waals surface area (Å²) < 4.78 is 1.66. The van der Waals surface area contributed by atoms with Gasteiger partial charge in [-0.05, 0) is 30.4 Å². The van der Waals surface area contributed by atoms with Crippen LogP contribution in [0.2, 0.25) is 0 Å². The number of carboxylic acids is 1. The van der Waals surface area contributed by atoms with Gasteiger partial charge in [-0.25, -0.2) is 9.78 Å². The maximum absolute atomic E-state index is 10.9. The van der Waals surface area contributed by atoms with Gasteiger partial charge in [0.05, 0.1) is 17.0 Å². The number of aryl methyl sites for hydroxylation is 1. The second-order valence-corrected chi connectivity index (χ2v) is 3.76. The van der Waals surface area contributed by atoms with Crippen molar-refractivity contribution in [1.29, 1.82) is 5.26 Å². The van der Waals surface area contributed by atoms with Gasteiger partial charge in [0.15, 0.2) is 0 Å². The fraction of sp³-hybridized carbons (Fsp3) is 0.0769. The number of pyridine rings is 1. The number of hydrogen-bond donors (Lipinski definition) is 1. The summed E-state index contributed by atoms with van der Waals surface area (Å²) in [6.07, 6.45) is 4.97. The largest absolute Gasteiger partial charge is 0.477 e. The molecule has 0 aliphatic carbocycles. The molecular formula is C13H10N4O2. The predicted molar refractivity (Wildman–Crippen MR) is 68.0 cm³/mol. The average molecular weight is 254 g/mol. The molecule has 0 bridgehead atoms. The molecule has 0 spiro atoms. The predicted octanol–water partition coefficient (Wildman–Crippen LogP) is 1.56. The van der Waals surface area contributed by atoms with Crippen molar-refractivity contribution in [2.75, 3.05) is 0 Å². The lowest BCUT2D eigenvalue weighted by Gasteiger charge is -2.00. The number of nitriles is 1. The molecule has 2 rings (SSSR count). The zero-order valence-corrected chi connectivity index (χ0v) is 10.1. The summed E-state index contributed by atoms with van der Waals surface area (Å²) in [7, 11) is 1.78.